The molecule has 0 saturated heterocycles. The number of fused-ring (bicyclic) bond motifs is 1. The zero-order valence-electron chi connectivity index (χ0n) is 20.5. The van der Waals surface area contributed by atoms with Gasteiger partial charge in [0.25, 0.3) is 5.91 Å². The van der Waals surface area contributed by atoms with Crippen LogP contribution in [0.1, 0.15) is 56.8 Å². The number of rotatable bonds is 5. The van der Waals surface area contributed by atoms with Gasteiger partial charge in [-0.2, -0.15) is 0 Å². The van der Waals surface area contributed by atoms with Crippen LogP contribution >= 0.6 is 11.8 Å². The molecule has 3 aliphatic rings. The second-order valence-electron chi connectivity index (χ2n) is 10.2. The first-order valence-corrected chi connectivity index (χ1v) is 13.1. The SMILES string of the molecule is CC(C)(C)OC(=O)c1ccc(-c2ccc(NC(=O)C3=C(C4CCC4)N4CCCN=C4S3)cc2)cc1. The Hall–Kier alpha value is -3.06. The van der Waals surface area contributed by atoms with Gasteiger partial charge in [0.2, 0.25) is 0 Å². The molecule has 0 aromatic heterocycles. The third kappa shape index (κ3) is 5.15. The van der Waals surface area contributed by atoms with Crippen molar-refractivity contribution < 1.29 is 14.3 Å². The number of carbonyl (C=O) groups excluding carboxylic acids is 2. The molecule has 0 spiro atoms. The molecule has 1 saturated carbocycles. The summed E-state index contributed by atoms with van der Waals surface area (Å²) in [6.07, 6.45) is 4.57. The quantitative estimate of drug-likeness (QED) is 0.517. The normalized spacial score (nSPS) is 18.0. The highest BCUT2D eigenvalue weighted by molar-refractivity contribution is 8.18. The number of carbonyl (C=O) groups is 2. The highest BCUT2D eigenvalue weighted by atomic mass is 32.2. The molecule has 2 aliphatic heterocycles. The minimum absolute atomic E-state index is 0.0523. The molecule has 0 atom stereocenters. The molecule has 0 unspecified atom stereocenters. The van der Waals surface area contributed by atoms with E-state index >= 15 is 0 Å². The van der Waals surface area contributed by atoms with Crippen LogP contribution in [0.25, 0.3) is 11.1 Å². The number of ether oxygens (including phenoxy) is 1. The van der Waals surface area contributed by atoms with E-state index in [4.69, 9.17) is 4.74 Å². The number of aliphatic imine (C=N–C) groups is 1. The van der Waals surface area contributed by atoms with E-state index in [9.17, 15) is 9.59 Å². The fraction of sp³-hybridized carbons (Fsp3) is 0.393. The zero-order chi connectivity index (χ0) is 24.6. The van der Waals surface area contributed by atoms with Gasteiger partial charge < -0.3 is 15.0 Å². The number of esters is 1. The first-order valence-electron chi connectivity index (χ1n) is 12.3. The van der Waals surface area contributed by atoms with E-state index < -0.39 is 5.60 Å². The second kappa shape index (κ2) is 9.53. The molecular weight excluding hydrogens is 458 g/mol. The molecule has 0 bridgehead atoms. The van der Waals surface area contributed by atoms with Crippen LogP contribution in [0.2, 0.25) is 0 Å². The molecule has 2 aromatic rings. The molecule has 1 N–H and O–H groups in total. The van der Waals surface area contributed by atoms with Crippen LogP contribution in [0.5, 0.6) is 0 Å². The lowest BCUT2D eigenvalue weighted by molar-refractivity contribution is -0.112. The van der Waals surface area contributed by atoms with Crippen LogP contribution in [0.15, 0.2) is 64.1 Å². The topological polar surface area (TPSA) is 71.0 Å². The van der Waals surface area contributed by atoms with Crippen LogP contribution in [-0.2, 0) is 9.53 Å². The number of anilines is 1. The number of thioether (sulfide) groups is 1. The lowest BCUT2D eigenvalue weighted by atomic mass is 9.82. The van der Waals surface area contributed by atoms with Crippen LogP contribution in [0.4, 0.5) is 5.69 Å². The maximum atomic E-state index is 13.3. The second-order valence-corrected chi connectivity index (χ2v) is 11.2. The number of nitrogens with one attached hydrogen (secondary N) is 1. The van der Waals surface area contributed by atoms with Gasteiger partial charge in [-0.25, -0.2) is 4.79 Å². The maximum absolute atomic E-state index is 13.3. The maximum Gasteiger partial charge on any atom is 0.338 e. The third-order valence-corrected chi connectivity index (χ3v) is 7.56. The van der Waals surface area contributed by atoms with Crippen molar-refractivity contribution in [1.29, 1.82) is 0 Å². The van der Waals surface area contributed by atoms with Gasteiger partial charge in [-0.1, -0.05) is 30.7 Å². The van der Waals surface area contributed by atoms with Crippen molar-refractivity contribution in [3.05, 3.63) is 64.7 Å². The molecule has 7 heteroatoms. The molecule has 5 rings (SSSR count). The highest BCUT2D eigenvalue weighted by Crippen LogP contribution is 2.46. The summed E-state index contributed by atoms with van der Waals surface area (Å²) >= 11 is 1.52. The Morgan fingerprint density at radius 3 is 2.26 bits per heavy atom. The standard InChI is InChI=1S/C28H31N3O3S/c1-28(2,3)34-26(33)21-10-8-18(9-11-21)19-12-14-22(15-13-19)30-25(32)24-23(20-6-4-7-20)31-17-5-16-29-27(31)35-24/h8-15,20H,4-7,16-17H2,1-3H3,(H,30,32). The van der Waals surface area contributed by atoms with E-state index in [1.807, 2.05) is 57.2 Å². The molecular formula is C28H31N3O3S. The summed E-state index contributed by atoms with van der Waals surface area (Å²) in [5.74, 6) is 0.0909. The predicted octanol–water partition coefficient (Wildman–Crippen LogP) is 6.07. The van der Waals surface area contributed by atoms with Crippen molar-refractivity contribution in [3.63, 3.8) is 0 Å². The smallest absolute Gasteiger partial charge is 0.338 e. The number of benzene rings is 2. The van der Waals surface area contributed by atoms with E-state index in [1.54, 1.807) is 12.1 Å². The van der Waals surface area contributed by atoms with E-state index in [2.05, 4.69) is 15.2 Å². The van der Waals surface area contributed by atoms with Crippen molar-refractivity contribution in [1.82, 2.24) is 4.90 Å². The van der Waals surface area contributed by atoms with Crippen LogP contribution < -0.4 is 5.32 Å². The minimum atomic E-state index is -0.523. The summed E-state index contributed by atoms with van der Waals surface area (Å²) in [7, 11) is 0. The van der Waals surface area contributed by atoms with Crippen molar-refractivity contribution in [2.24, 2.45) is 10.9 Å². The molecule has 182 valence electrons. The molecule has 1 aliphatic carbocycles. The molecule has 2 aromatic carbocycles. The first-order chi connectivity index (χ1) is 16.8. The van der Waals surface area contributed by atoms with E-state index in [0.717, 1.165) is 59.2 Å². The largest absolute Gasteiger partial charge is 0.456 e. The van der Waals surface area contributed by atoms with Crippen LogP contribution in [0, 0.1) is 5.92 Å². The van der Waals surface area contributed by atoms with Gasteiger partial charge in [0, 0.05) is 30.4 Å². The van der Waals surface area contributed by atoms with Gasteiger partial charge in [0.1, 0.15) is 10.5 Å². The Balaban J connectivity index is 1.28. The Morgan fingerprint density at radius 1 is 1.00 bits per heavy atom. The van der Waals surface area contributed by atoms with Gasteiger partial charge in [0.05, 0.1) is 5.56 Å². The van der Waals surface area contributed by atoms with Crippen molar-refractivity contribution in [2.45, 2.75) is 52.1 Å². The van der Waals surface area contributed by atoms with E-state index in [-0.39, 0.29) is 11.9 Å². The van der Waals surface area contributed by atoms with Crippen molar-refractivity contribution in [3.8, 4) is 11.1 Å². The van der Waals surface area contributed by atoms with Gasteiger partial charge in [-0.05, 0) is 87.2 Å². The Kier molecular flexibility index (Phi) is 6.45. The highest BCUT2D eigenvalue weighted by Gasteiger charge is 2.39. The molecule has 1 fully saturated rings. The number of allylic oxidation sites excluding steroid dienone is 1. The average molecular weight is 490 g/mol. The number of nitrogens with zero attached hydrogens (tertiary/aromatic N) is 2. The number of amidine groups is 1. The number of hydrogen-bond acceptors (Lipinski definition) is 6. The molecule has 6 nitrogen and oxygen atoms in total. The van der Waals surface area contributed by atoms with Crippen LogP contribution in [-0.4, -0.2) is 40.6 Å². The van der Waals surface area contributed by atoms with Gasteiger partial charge in [-0.3, -0.25) is 9.79 Å². The van der Waals surface area contributed by atoms with Gasteiger partial charge in [0.15, 0.2) is 5.17 Å². The van der Waals surface area contributed by atoms with Gasteiger partial charge in [-0.15, -0.1) is 0 Å². The monoisotopic (exact) mass is 489 g/mol. The number of hydrogen-bond donors (Lipinski definition) is 1. The Labute approximate surface area is 210 Å². The predicted molar refractivity (Wildman–Crippen MR) is 141 cm³/mol. The molecule has 35 heavy (non-hydrogen) atoms. The fourth-order valence-corrected chi connectivity index (χ4v) is 5.64. The Bertz CT molecular complexity index is 1190. The minimum Gasteiger partial charge on any atom is -0.456 e. The van der Waals surface area contributed by atoms with Gasteiger partial charge >= 0.3 is 5.97 Å². The third-order valence-electron chi connectivity index (χ3n) is 6.43. The lowest BCUT2D eigenvalue weighted by Gasteiger charge is -2.34. The summed E-state index contributed by atoms with van der Waals surface area (Å²) in [6.45, 7) is 7.36. The van der Waals surface area contributed by atoms with Crippen molar-refractivity contribution in [2.75, 3.05) is 18.4 Å². The molecule has 0 radical (unpaired) electrons. The average Bonchev–Trinajstić information content (AvgIpc) is 3.17. The zero-order valence-corrected chi connectivity index (χ0v) is 21.3. The summed E-state index contributed by atoms with van der Waals surface area (Å²) < 4.78 is 5.43. The lowest BCUT2D eigenvalue weighted by Crippen LogP contribution is -2.34. The molecule has 2 heterocycles. The summed E-state index contributed by atoms with van der Waals surface area (Å²) in [5.41, 5.74) is 3.94. The van der Waals surface area contributed by atoms with E-state index in [1.165, 1.54) is 23.9 Å². The van der Waals surface area contributed by atoms with Crippen LogP contribution in [0.3, 0.4) is 0 Å². The molecule has 1 amide bonds. The van der Waals surface area contributed by atoms with E-state index in [0.29, 0.717) is 11.5 Å². The first kappa shape index (κ1) is 23.7. The summed E-state index contributed by atoms with van der Waals surface area (Å²) in [4.78, 5) is 33.2. The summed E-state index contributed by atoms with van der Waals surface area (Å²) in [5, 5.41) is 4.07. The Morgan fingerprint density at radius 2 is 1.66 bits per heavy atom. The van der Waals surface area contributed by atoms with Crippen molar-refractivity contribution >= 4 is 34.5 Å². The number of amides is 1. The fourth-order valence-electron chi connectivity index (χ4n) is 4.48. The summed E-state index contributed by atoms with van der Waals surface area (Å²) in [6, 6.07) is 15.2.